The molecule has 120 valence electrons. The van der Waals surface area contributed by atoms with E-state index in [-0.39, 0.29) is 17.5 Å². The first-order valence-electron chi connectivity index (χ1n) is 8.00. The smallest absolute Gasteiger partial charge is 0.355 e. The minimum absolute atomic E-state index is 0.0133. The van der Waals surface area contributed by atoms with Gasteiger partial charge in [0.05, 0.1) is 0 Å². The monoisotopic (exact) mass is 312 g/mol. The first-order chi connectivity index (χ1) is 11.1. The number of hydrogen-bond acceptors (Lipinski definition) is 3. The van der Waals surface area contributed by atoms with E-state index < -0.39 is 5.97 Å². The number of nitrogens with zero attached hydrogens (tertiary/aromatic N) is 1. The normalized spacial score (nSPS) is 15.5. The number of aromatic nitrogens is 1. The van der Waals surface area contributed by atoms with E-state index in [4.69, 9.17) is 0 Å². The van der Waals surface area contributed by atoms with Crippen molar-refractivity contribution in [3.8, 4) is 0 Å². The van der Waals surface area contributed by atoms with Crippen molar-refractivity contribution in [3.63, 3.8) is 0 Å². The summed E-state index contributed by atoms with van der Waals surface area (Å²) in [6.07, 6.45) is 6.79. The zero-order chi connectivity index (χ0) is 16.4. The summed E-state index contributed by atoms with van der Waals surface area (Å²) in [4.78, 5) is 27.9. The summed E-state index contributed by atoms with van der Waals surface area (Å²) >= 11 is 0. The molecule has 1 fully saturated rings. The van der Waals surface area contributed by atoms with Crippen LogP contribution >= 0.6 is 0 Å². The molecule has 0 saturated heterocycles. The van der Waals surface area contributed by atoms with Crippen molar-refractivity contribution >= 4 is 28.3 Å². The number of nitrogens with one attached hydrogen (secondary N) is 1. The molecule has 1 aromatic heterocycles. The third-order valence-corrected chi connectivity index (χ3v) is 4.54. The van der Waals surface area contributed by atoms with E-state index in [0.717, 1.165) is 36.6 Å². The van der Waals surface area contributed by atoms with Gasteiger partial charge in [0.25, 0.3) is 0 Å². The Kier molecular flexibility index (Phi) is 4.28. The van der Waals surface area contributed by atoms with Crippen LogP contribution in [0.4, 0.5) is 5.69 Å². The van der Waals surface area contributed by atoms with Gasteiger partial charge in [-0.15, -0.1) is 0 Å². The SMILES string of the molecule is Cc1cnc(C(=O)O)c2cccc(NC(=O)C3CCCCC3)c12. The van der Waals surface area contributed by atoms with Crippen molar-refractivity contribution in [2.75, 3.05) is 5.32 Å². The van der Waals surface area contributed by atoms with Crippen LogP contribution in [0.25, 0.3) is 10.8 Å². The maximum atomic E-state index is 12.5. The maximum absolute atomic E-state index is 12.5. The summed E-state index contributed by atoms with van der Waals surface area (Å²) in [7, 11) is 0. The van der Waals surface area contributed by atoms with Crippen molar-refractivity contribution in [2.24, 2.45) is 5.92 Å². The summed E-state index contributed by atoms with van der Waals surface area (Å²) in [5.41, 5.74) is 1.53. The first-order valence-corrected chi connectivity index (χ1v) is 8.00. The molecule has 1 aromatic carbocycles. The maximum Gasteiger partial charge on any atom is 0.355 e. The summed E-state index contributed by atoms with van der Waals surface area (Å²) in [6.45, 7) is 1.87. The molecule has 2 N–H and O–H groups in total. The number of aromatic carboxylic acids is 1. The number of carbonyl (C=O) groups is 2. The van der Waals surface area contributed by atoms with E-state index in [1.807, 2.05) is 13.0 Å². The van der Waals surface area contributed by atoms with Gasteiger partial charge in [-0.1, -0.05) is 31.4 Å². The van der Waals surface area contributed by atoms with Gasteiger partial charge < -0.3 is 10.4 Å². The average molecular weight is 312 g/mol. The van der Waals surface area contributed by atoms with Gasteiger partial charge in [-0.2, -0.15) is 0 Å². The molecule has 0 radical (unpaired) electrons. The molecular formula is C18H20N2O3. The topological polar surface area (TPSA) is 79.3 Å². The van der Waals surface area contributed by atoms with Crippen molar-refractivity contribution in [2.45, 2.75) is 39.0 Å². The molecule has 1 amide bonds. The van der Waals surface area contributed by atoms with Gasteiger partial charge in [0, 0.05) is 28.6 Å². The zero-order valence-corrected chi connectivity index (χ0v) is 13.1. The first kappa shape index (κ1) is 15.5. The van der Waals surface area contributed by atoms with Crippen LogP contribution < -0.4 is 5.32 Å². The van der Waals surface area contributed by atoms with Gasteiger partial charge in [0.2, 0.25) is 5.91 Å². The highest BCUT2D eigenvalue weighted by atomic mass is 16.4. The Balaban J connectivity index is 1.99. The van der Waals surface area contributed by atoms with E-state index >= 15 is 0 Å². The third kappa shape index (κ3) is 3.04. The van der Waals surface area contributed by atoms with Gasteiger partial charge in [0.1, 0.15) is 0 Å². The van der Waals surface area contributed by atoms with Crippen molar-refractivity contribution in [1.29, 1.82) is 0 Å². The van der Waals surface area contributed by atoms with E-state index in [9.17, 15) is 14.7 Å². The summed E-state index contributed by atoms with van der Waals surface area (Å²) < 4.78 is 0. The number of aryl methyl sites for hydroxylation is 1. The Hall–Kier alpha value is -2.43. The molecule has 0 spiro atoms. The average Bonchev–Trinajstić information content (AvgIpc) is 2.55. The lowest BCUT2D eigenvalue weighted by atomic mass is 9.88. The Morgan fingerprint density at radius 1 is 1.22 bits per heavy atom. The highest BCUT2D eigenvalue weighted by Gasteiger charge is 2.22. The number of carbonyl (C=O) groups excluding carboxylic acids is 1. The second-order valence-electron chi connectivity index (χ2n) is 6.15. The van der Waals surface area contributed by atoms with Crippen LogP contribution in [0.15, 0.2) is 24.4 Å². The molecule has 0 bridgehead atoms. The minimum atomic E-state index is -1.06. The lowest BCUT2D eigenvalue weighted by Gasteiger charge is -2.21. The van der Waals surface area contributed by atoms with E-state index in [2.05, 4.69) is 10.3 Å². The van der Waals surface area contributed by atoms with Crippen LogP contribution in [0, 0.1) is 12.8 Å². The van der Waals surface area contributed by atoms with Gasteiger partial charge >= 0.3 is 5.97 Å². The van der Waals surface area contributed by atoms with Crippen molar-refractivity contribution in [3.05, 3.63) is 35.7 Å². The summed E-state index contributed by atoms with van der Waals surface area (Å²) in [6, 6.07) is 5.31. The fourth-order valence-electron chi connectivity index (χ4n) is 3.34. The van der Waals surface area contributed by atoms with Crippen LogP contribution in [0.3, 0.4) is 0 Å². The fraction of sp³-hybridized carbons (Fsp3) is 0.389. The predicted molar refractivity (Wildman–Crippen MR) is 88.6 cm³/mol. The van der Waals surface area contributed by atoms with Crippen LogP contribution in [0.2, 0.25) is 0 Å². The van der Waals surface area contributed by atoms with Crippen LogP contribution in [-0.4, -0.2) is 22.0 Å². The molecular weight excluding hydrogens is 292 g/mol. The predicted octanol–water partition coefficient (Wildman–Crippen LogP) is 3.76. The number of hydrogen-bond donors (Lipinski definition) is 2. The number of pyridine rings is 1. The summed E-state index contributed by atoms with van der Waals surface area (Å²) in [5, 5.41) is 13.6. The second-order valence-corrected chi connectivity index (χ2v) is 6.15. The highest BCUT2D eigenvalue weighted by Crippen LogP contribution is 2.30. The fourth-order valence-corrected chi connectivity index (χ4v) is 3.34. The number of anilines is 1. The van der Waals surface area contributed by atoms with Crippen LogP contribution in [0.5, 0.6) is 0 Å². The van der Waals surface area contributed by atoms with E-state index in [1.54, 1.807) is 18.3 Å². The van der Waals surface area contributed by atoms with Gasteiger partial charge in [-0.3, -0.25) is 4.79 Å². The van der Waals surface area contributed by atoms with E-state index in [0.29, 0.717) is 11.1 Å². The van der Waals surface area contributed by atoms with Gasteiger partial charge in [-0.25, -0.2) is 9.78 Å². The van der Waals surface area contributed by atoms with Gasteiger partial charge in [-0.05, 0) is 31.4 Å². The second kappa shape index (κ2) is 6.36. The summed E-state index contributed by atoms with van der Waals surface area (Å²) in [5.74, 6) is -0.976. The number of fused-ring (bicyclic) bond motifs is 1. The molecule has 5 nitrogen and oxygen atoms in total. The molecule has 1 aliphatic rings. The van der Waals surface area contributed by atoms with Crippen molar-refractivity contribution in [1.82, 2.24) is 4.98 Å². The van der Waals surface area contributed by atoms with E-state index in [1.165, 1.54) is 6.42 Å². The highest BCUT2D eigenvalue weighted by molar-refractivity contribution is 6.10. The van der Waals surface area contributed by atoms with Crippen molar-refractivity contribution < 1.29 is 14.7 Å². The third-order valence-electron chi connectivity index (χ3n) is 4.54. The van der Waals surface area contributed by atoms with Gasteiger partial charge in [0.15, 0.2) is 5.69 Å². The number of amides is 1. The lowest BCUT2D eigenvalue weighted by Crippen LogP contribution is -2.24. The Morgan fingerprint density at radius 2 is 1.96 bits per heavy atom. The molecule has 3 rings (SSSR count). The molecule has 5 heteroatoms. The standard InChI is InChI=1S/C18H20N2O3/c1-11-10-19-16(18(22)23)13-8-5-9-14(15(11)13)20-17(21)12-6-3-2-4-7-12/h5,8-10,12H,2-4,6-7H2,1H3,(H,20,21)(H,22,23). The number of rotatable bonds is 3. The minimum Gasteiger partial charge on any atom is -0.476 e. The van der Waals surface area contributed by atoms with Crippen LogP contribution in [0.1, 0.15) is 48.2 Å². The molecule has 1 saturated carbocycles. The molecule has 1 aliphatic carbocycles. The number of carboxylic acid groups (broad SMARTS) is 1. The Labute approximate surface area is 134 Å². The Bertz CT molecular complexity index is 764. The number of carboxylic acids is 1. The molecule has 0 aliphatic heterocycles. The zero-order valence-electron chi connectivity index (χ0n) is 13.1. The molecule has 1 heterocycles. The molecule has 2 aromatic rings. The molecule has 0 atom stereocenters. The number of benzene rings is 1. The largest absolute Gasteiger partial charge is 0.476 e. The lowest BCUT2D eigenvalue weighted by molar-refractivity contribution is -0.120. The van der Waals surface area contributed by atoms with Crippen LogP contribution in [-0.2, 0) is 4.79 Å². The Morgan fingerprint density at radius 3 is 2.65 bits per heavy atom. The molecule has 23 heavy (non-hydrogen) atoms. The molecule has 0 unspecified atom stereocenters. The quantitative estimate of drug-likeness (QED) is 0.904.